The largest absolute Gasteiger partial charge is 0.357 e. The van der Waals surface area contributed by atoms with Crippen LogP contribution < -0.4 is 5.32 Å². The van der Waals surface area contributed by atoms with Crippen molar-refractivity contribution in [3.05, 3.63) is 23.0 Å². The third kappa shape index (κ3) is 6.69. The Kier molecular flexibility index (Phi) is 9.63. The highest BCUT2D eigenvalue weighted by molar-refractivity contribution is 14.0. The Morgan fingerprint density at radius 1 is 1.40 bits per heavy atom. The van der Waals surface area contributed by atoms with Crippen LogP contribution in [0.15, 0.2) is 17.3 Å². The second-order valence-electron chi connectivity index (χ2n) is 6.19. The number of carbonyl (C=O) groups excluding carboxylic acids is 1. The molecule has 0 aromatic carbocycles. The molecule has 1 saturated heterocycles. The van der Waals surface area contributed by atoms with E-state index in [0.29, 0.717) is 19.5 Å². The minimum Gasteiger partial charge on any atom is -0.357 e. The molecular weight excluding hydrogens is 453 g/mol. The van der Waals surface area contributed by atoms with E-state index in [2.05, 4.69) is 15.2 Å². The van der Waals surface area contributed by atoms with E-state index in [1.54, 1.807) is 0 Å². The number of aromatic nitrogens is 1. The van der Waals surface area contributed by atoms with E-state index in [1.807, 2.05) is 42.7 Å². The Hall–Kier alpha value is -0.960. The number of amides is 1. The van der Waals surface area contributed by atoms with Crippen LogP contribution in [-0.2, 0) is 18.4 Å². The SMILES string of the molecule is CCNC(=NCCC(=O)N1CCCC1)N(C)Cc1cc(Cl)cn1C.I. The number of aliphatic imine (C=N–C) groups is 1. The zero-order valence-electron chi connectivity index (χ0n) is 15.3. The van der Waals surface area contributed by atoms with Crippen molar-refractivity contribution in [1.29, 1.82) is 0 Å². The third-order valence-corrected chi connectivity index (χ3v) is 4.42. The molecule has 0 aliphatic carbocycles. The van der Waals surface area contributed by atoms with Gasteiger partial charge in [0.2, 0.25) is 5.91 Å². The summed E-state index contributed by atoms with van der Waals surface area (Å²) in [4.78, 5) is 20.7. The molecule has 8 heteroatoms. The van der Waals surface area contributed by atoms with Gasteiger partial charge < -0.3 is 19.7 Å². The minimum absolute atomic E-state index is 0. The highest BCUT2D eigenvalue weighted by Gasteiger charge is 2.17. The van der Waals surface area contributed by atoms with Crippen molar-refractivity contribution < 1.29 is 4.79 Å². The van der Waals surface area contributed by atoms with E-state index >= 15 is 0 Å². The Morgan fingerprint density at radius 2 is 2.08 bits per heavy atom. The number of hydrogen-bond acceptors (Lipinski definition) is 2. The van der Waals surface area contributed by atoms with Gasteiger partial charge in [0.15, 0.2) is 5.96 Å². The molecule has 0 saturated carbocycles. The topological polar surface area (TPSA) is 52.9 Å². The molecule has 0 atom stereocenters. The molecule has 0 bridgehead atoms. The summed E-state index contributed by atoms with van der Waals surface area (Å²) in [6.45, 7) is 5.84. The van der Waals surface area contributed by atoms with Crippen LogP contribution in [0, 0.1) is 0 Å². The van der Waals surface area contributed by atoms with Gasteiger partial charge in [0, 0.05) is 52.0 Å². The maximum absolute atomic E-state index is 12.1. The van der Waals surface area contributed by atoms with Crippen LogP contribution in [0.4, 0.5) is 0 Å². The number of rotatable bonds is 6. The molecular formula is C17H29ClIN5O. The number of hydrogen-bond donors (Lipinski definition) is 1. The summed E-state index contributed by atoms with van der Waals surface area (Å²) in [6.07, 6.45) is 4.61. The first-order valence-corrected chi connectivity index (χ1v) is 8.97. The van der Waals surface area contributed by atoms with Gasteiger partial charge >= 0.3 is 0 Å². The van der Waals surface area contributed by atoms with Crippen molar-refractivity contribution in [1.82, 2.24) is 19.7 Å². The highest BCUT2D eigenvalue weighted by Crippen LogP contribution is 2.14. The van der Waals surface area contributed by atoms with Gasteiger partial charge in [-0.25, -0.2) is 0 Å². The predicted octanol–water partition coefficient (Wildman–Crippen LogP) is 2.71. The van der Waals surface area contributed by atoms with Crippen molar-refractivity contribution >= 4 is 47.4 Å². The molecule has 0 spiro atoms. The molecule has 1 aromatic heterocycles. The van der Waals surface area contributed by atoms with Gasteiger partial charge in [-0.2, -0.15) is 0 Å². The third-order valence-electron chi connectivity index (χ3n) is 4.22. The number of guanidine groups is 1. The smallest absolute Gasteiger partial charge is 0.224 e. The zero-order chi connectivity index (χ0) is 17.5. The second-order valence-corrected chi connectivity index (χ2v) is 6.63. The quantitative estimate of drug-likeness (QED) is 0.386. The van der Waals surface area contributed by atoms with Crippen LogP contribution in [0.5, 0.6) is 0 Å². The molecule has 1 amide bonds. The van der Waals surface area contributed by atoms with E-state index in [9.17, 15) is 4.79 Å². The number of carbonyl (C=O) groups is 1. The van der Waals surface area contributed by atoms with Crippen LogP contribution in [-0.4, -0.2) is 59.5 Å². The molecule has 142 valence electrons. The Labute approximate surface area is 172 Å². The van der Waals surface area contributed by atoms with Crippen LogP contribution in [0.1, 0.15) is 31.9 Å². The molecule has 1 N–H and O–H groups in total. The fourth-order valence-electron chi connectivity index (χ4n) is 2.89. The van der Waals surface area contributed by atoms with Crippen molar-refractivity contribution in [2.45, 2.75) is 32.7 Å². The summed E-state index contributed by atoms with van der Waals surface area (Å²) in [7, 11) is 3.97. The summed E-state index contributed by atoms with van der Waals surface area (Å²) in [6, 6.07) is 1.96. The van der Waals surface area contributed by atoms with E-state index in [4.69, 9.17) is 11.6 Å². The summed E-state index contributed by atoms with van der Waals surface area (Å²) in [5.41, 5.74) is 1.11. The van der Waals surface area contributed by atoms with Gasteiger partial charge in [0.25, 0.3) is 0 Å². The summed E-state index contributed by atoms with van der Waals surface area (Å²) < 4.78 is 2.01. The van der Waals surface area contributed by atoms with Crippen LogP contribution in [0.3, 0.4) is 0 Å². The first-order chi connectivity index (χ1) is 11.5. The number of likely N-dealkylation sites (tertiary alicyclic amines) is 1. The standard InChI is InChI=1S/C17H28ClN5O.HI/c1-4-19-17(20-8-7-16(24)23-9-5-6-10-23)22(3)13-15-11-14(18)12-21(15)2;/h11-12H,4-10,13H2,1-3H3,(H,19,20);1H. The van der Waals surface area contributed by atoms with Crippen molar-refractivity contribution in [3.63, 3.8) is 0 Å². The van der Waals surface area contributed by atoms with Crippen LogP contribution >= 0.6 is 35.6 Å². The molecule has 2 rings (SSSR count). The van der Waals surface area contributed by atoms with E-state index in [0.717, 1.165) is 49.2 Å². The lowest BCUT2D eigenvalue weighted by atomic mass is 10.3. The molecule has 1 aromatic rings. The maximum Gasteiger partial charge on any atom is 0.224 e. The van der Waals surface area contributed by atoms with Gasteiger partial charge in [0.05, 0.1) is 18.1 Å². The van der Waals surface area contributed by atoms with Gasteiger partial charge in [-0.15, -0.1) is 24.0 Å². The fourth-order valence-corrected chi connectivity index (χ4v) is 3.17. The summed E-state index contributed by atoms with van der Waals surface area (Å²) >= 11 is 6.04. The van der Waals surface area contributed by atoms with Gasteiger partial charge in [0.1, 0.15) is 0 Å². The van der Waals surface area contributed by atoms with E-state index in [-0.39, 0.29) is 29.9 Å². The van der Waals surface area contributed by atoms with Crippen molar-refractivity contribution in [3.8, 4) is 0 Å². The van der Waals surface area contributed by atoms with E-state index in [1.165, 1.54) is 0 Å². The van der Waals surface area contributed by atoms with Gasteiger partial charge in [-0.1, -0.05) is 11.6 Å². The number of nitrogens with zero attached hydrogens (tertiary/aromatic N) is 4. The van der Waals surface area contributed by atoms with Crippen LogP contribution in [0.25, 0.3) is 0 Å². The summed E-state index contributed by atoms with van der Waals surface area (Å²) in [5.74, 6) is 1.02. The average molecular weight is 482 g/mol. The van der Waals surface area contributed by atoms with E-state index < -0.39 is 0 Å². The zero-order valence-corrected chi connectivity index (χ0v) is 18.4. The Bertz CT molecular complexity index is 584. The Balaban J connectivity index is 0.00000312. The average Bonchev–Trinajstić information content (AvgIpc) is 3.16. The molecule has 0 unspecified atom stereocenters. The lowest BCUT2D eigenvalue weighted by molar-refractivity contribution is -0.129. The molecule has 1 fully saturated rings. The first kappa shape index (κ1) is 22.1. The van der Waals surface area contributed by atoms with Crippen LogP contribution in [0.2, 0.25) is 5.02 Å². The molecule has 0 radical (unpaired) electrons. The predicted molar refractivity (Wildman–Crippen MR) is 114 cm³/mol. The molecule has 2 heterocycles. The maximum atomic E-state index is 12.1. The molecule has 1 aliphatic heterocycles. The summed E-state index contributed by atoms with van der Waals surface area (Å²) in [5, 5.41) is 4.02. The van der Waals surface area contributed by atoms with Crippen molar-refractivity contribution in [2.24, 2.45) is 12.0 Å². The lowest BCUT2D eigenvalue weighted by Gasteiger charge is -2.22. The highest BCUT2D eigenvalue weighted by atomic mass is 127. The molecule has 1 aliphatic rings. The minimum atomic E-state index is 0. The Morgan fingerprint density at radius 3 is 2.64 bits per heavy atom. The second kappa shape index (κ2) is 10.9. The first-order valence-electron chi connectivity index (χ1n) is 8.59. The lowest BCUT2D eigenvalue weighted by Crippen LogP contribution is -2.39. The van der Waals surface area contributed by atoms with Gasteiger partial charge in [-0.05, 0) is 25.8 Å². The molecule has 6 nitrogen and oxygen atoms in total. The molecule has 25 heavy (non-hydrogen) atoms. The van der Waals surface area contributed by atoms with Gasteiger partial charge in [-0.3, -0.25) is 9.79 Å². The van der Waals surface area contributed by atoms with Crippen molar-refractivity contribution in [2.75, 3.05) is 33.2 Å². The number of halogens is 2. The monoisotopic (exact) mass is 481 g/mol. The normalized spacial score (nSPS) is 14.4. The number of aryl methyl sites for hydroxylation is 1. The number of nitrogens with one attached hydrogen (secondary N) is 1. The fraction of sp³-hybridized carbons (Fsp3) is 0.647.